The van der Waals surface area contributed by atoms with Crippen LogP contribution < -0.4 is 0 Å². The standard InChI is InChI=1S/C12H20N2O4/c1-3-11(17)13(7-9-15)5-6-14(8-10-16)12(18)4-2/h3-4,15-16H,1-2,5-10H2. The van der Waals surface area contributed by atoms with Gasteiger partial charge in [0.15, 0.2) is 0 Å². The van der Waals surface area contributed by atoms with E-state index in [0.717, 1.165) is 12.2 Å². The van der Waals surface area contributed by atoms with Gasteiger partial charge in [0.05, 0.1) is 13.2 Å². The minimum atomic E-state index is -0.306. The average molecular weight is 256 g/mol. The molecule has 18 heavy (non-hydrogen) atoms. The van der Waals surface area contributed by atoms with Gasteiger partial charge in [-0.1, -0.05) is 13.2 Å². The van der Waals surface area contributed by atoms with Gasteiger partial charge < -0.3 is 20.0 Å². The van der Waals surface area contributed by atoms with E-state index in [0.29, 0.717) is 0 Å². The van der Waals surface area contributed by atoms with Crippen molar-refractivity contribution < 1.29 is 19.8 Å². The molecule has 0 aromatic rings. The third-order valence-electron chi connectivity index (χ3n) is 2.35. The maximum Gasteiger partial charge on any atom is 0.246 e. The maximum atomic E-state index is 11.4. The Morgan fingerprint density at radius 3 is 1.39 bits per heavy atom. The molecule has 102 valence electrons. The molecule has 0 atom stereocenters. The van der Waals surface area contributed by atoms with Gasteiger partial charge in [-0.15, -0.1) is 0 Å². The summed E-state index contributed by atoms with van der Waals surface area (Å²) in [7, 11) is 0. The van der Waals surface area contributed by atoms with E-state index >= 15 is 0 Å². The lowest BCUT2D eigenvalue weighted by Gasteiger charge is -2.25. The molecule has 0 aromatic heterocycles. The minimum absolute atomic E-state index is 0.158. The van der Waals surface area contributed by atoms with E-state index in [1.165, 1.54) is 9.80 Å². The van der Waals surface area contributed by atoms with Gasteiger partial charge in [-0.2, -0.15) is 0 Å². The summed E-state index contributed by atoms with van der Waals surface area (Å²) in [4.78, 5) is 25.6. The largest absolute Gasteiger partial charge is 0.395 e. The van der Waals surface area contributed by atoms with Crippen molar-refractivity contribution in [1.82, 2.24) is 9.80 Å². The number of hydrogen-bond acceptors (Lipinski definition) is 4. The Kier molecular flexibility index (Phi) is 8.51. The van der Waals surface area contributed by atoms with Crippen LogP contribution >= 0.6 is 0 Å². The second-order valence-electron chi connectivity index (χ2n) is 3.51. The van der Waals surface area contributed by atoms with E-state index in [1.807, 2.05) is 0 Å². The zero-order valence-corrected chi connectivity index (χ0v) is 10.4. The van der Waals surface area contributed by atoms with Crippen molar-refractivity contribution in [3.63, 3.8) is 0 Å². The van der Waals surface area contributed by atoms with E-state index in [2.05, 4.69) is 13.2 Å². The molecule has 0 aliphatic heterocycles. The molecule has 2 amide bonds. The second-order valence-corrected chi connectivity index (χ2v) is 3.51. The third kappa shape index (κ3) is 5.60. The van der Waals surface area contributed by atoms with E-state index in [9.17, 15) is 9.59 Å². The van der Waals surface area contributed by atoms with Crippen LogP contribution in [0.1, 0.15) is 0 Å². The number of carbonyl (C=O) groups excluding carboxylic acids is 2. The molecule has 0 radical (unpaired) electrons. The molecular formula is C12H20N2O4. The summed E-state index contributed by atoms with van der Waals surface area (Å²) >= 11 is 0. The van der Waals surface area contributed by atoms with Gasteiger partial charge in [0.25, 0.3) is 0 Å². The smallest absolute Gasteiger partial charge is 0.246 e. The van der Waals surface area contributed by atoms with Crippen LogP contribution in [0.25, 0.3) is 0 Å². The van der Waals surface area contributed by atoms with Crippen molar-refractivity contribution in [2.75, 3.05) is 39.4 Å². The lowest BCUT2D eigenvalue weighted by Crippen LogP contribution is -2.42. The van der Waals surface area contributed by atoms with E-state index in [-0.39, 0.29) is 51.2 Å². The zero-order chi connectivity index (χ0) is 14.0. The van der Waals surface area contributed by atoms with Gasteiger partial charge in [0.2, 0.25) is 11.8 Å². The number of aliphatic hydroxyl groups is 2. The highest BCUT2D eigenvalue weighted by Gasteiger charge is 2.14. The number of amides is 2. The molecule has 2 N–H and O–H groups in total. The summed E-state index contributed by atoms with van der Waals surface area (Å²) in [5.74, 6) is -0.613. The lowest BCUT2D eigenvalue weighted by molar-refractivity contribution is -0.130. The normalized spacial score (nSPS) is 9.67. The van der Waals surface area contributed by atoms with E-state index in [1.54, 1.807) is 0 Å². The fraction of sp³-hybridized carbons (Fsp3) is 0.500. The van der Waals surface area contributed by atoms with Gasteiger partial charge in [0, 0.05) is 26.2 Å². The van der Waals surface area contributed by atoms with Crippen LogP contribution in [0.5, 0.6) is 0 Å². The Morgan fingerprint density at radius 1 is 0.833 bits per heavy atom. The Labute approximate surface area is 107 Å². The van der Waals surface area contributed by atoms with Crippen LogP contribution in [0.4, 0.5) is 0 Å². The van der Waals surface area contributed by atoms with Gasteiger partial charge in [-0.3, -0.25) is 9.59 Å². The Hall–Kier alpha value is -1.66. The first-order chi connectivity index (χ1) is 8.60. The predicted octanol–water partition coefficient (Wildman–Crippen LogP) is -1.000. The molecule has 6 nitrogen and oxygen atoms in total. The molecule has 6 heteroatoms. The molecule has 0 unspecified atom stereocenters. The first-order valence-electron chi connectivity index (χ1n) is 5.65. The van der Waals surface area contributed by atoms with Gasteiger partial charge in [0.1, 0.15) is 0 Å². The topological polar surface area (TPSA) is 81.1 Å². The van der Waals surface area contributed by atoms with Crippen LogP contribution in [-0.4, -0.2) is 71.2 Å². The van der Waals surface area contributed by atoms with E-state index < -0.39 is 0 Å². The average Bonchev–Trinajstić information content (AvgIpc) is 2.40. The fourth-order valence-corrected chi connectivity index (χ4v) is 1.41. The summed E-state index contributed by atoms with van der Waals surface area (Å²) in [6.45, 7) is 7.32. The third-order valence-corrected chi connectivity index (χ3v) is 2.35. The first kappa shape index (κ1) is 16.3. The van der Waals surface area contributed by atoms with E-state index in [4.69, 9.17) is 10.2 Å². The van der Waals surface area contributed by atoms with Crippen molar-refractivity contribution >= 4 is 11.8 Å². The van der Waals surface area contributed by atoms with Crippen molar-refractivity contribution in [1.29, 1.82) is 0 Å². The molecule has 0 bridgehead atoms. The highest BCUT2D eigenvalue weighted by atomic mass is 16.3. The number of hydrogen-bond donors (Lipinski definition) is 2. The molecule has 0 aliphatic carbocycles. The zero-order valence-electron chi connectivity index (χ0n) is 10.4. The van der Waals surface area contributed by atoms with Gasteiger partial charge >= 0.3 is 0 Å². The molecule has 0 rings (SSSR count). The molecule has 0 aliphatic rings. The first-order valence-corrected chi connectivity index (χ1v) is 5.65. The van der Waals surface area contributed by atoms with Crippen molar-refractivity contribution in [3.8, 4) is 0 Å². The monoisotopic (exact) mass is 256 g/mol. The van der Waals surface area contributed by atoms with Crippen molar-refractivity contribution in [3.05, 3.63) is 25.3 Å². The summed E-state index contributed by atoms with van der Waals surface area (Å²) in [5, 5.41) is 17.7. The lowest BCUT2D eigenvalue weighted by atomic mass is 10.3. The van der Waals surface area contributed by atoms with Crippen molar-refractivity contribution in [2.24, 2.45) is 0 Å². The Morgan fingerprint density at radius 2 is 1.17 bits per heavy atom. The number of nitrogens with zero attached hydrogens (tertiary/aromatic N) is 2. The SMILES string of the molecule is C=CC(=O)N(CCO)CCN(CCO)C(=O)C=C. The molecule has 0 saturated heterocycles. The molecule has 0 fully saturated rings. The van der Waals surface area contributed by atoms with Crippen LogP contribution in [0.15, 0.2) is 25.3 Å². The number of carbonyl (C=O) groups is 2. The van der Waals surface area contributed by atoms with Crippen LogP contribution in [0.2, 0.25) is 0 Å². The van der Waals surface area contributed by atoms with Gasteiger partial charge in [-0.05, 0) is 12.2 Å². The molecule has 0 heterocycles. The van der Waals surface area contributed by atoms with Crippen LogP contribution in [0.3, 0.4) is 0 Å². The van der Waals surface area contributed by atoms with Crippen molar-refractivity contribution in [2.45, 2.75) is 0 Å². The number of aliphatic hydroxyl groups excluding tert-OH is 2. The fourth-order valence-electron chi connectivity index (χ4n) is 1.41. The quantitative estimate of drug-likeness (QED) is 0.519. The summed E-state index contributed by atoms with van der Waals surface area (Å²) in [6.07, 6.45) is 2.31. The summed E-state index contributed by atoms with van der Waals surface area (Å²) < 4.78 is 0. The maximum absolute atomic E-state index is 11.4. The molecule has 0 saturated carbocycles. The molecular weight excluding hydrogens is 236 g/mol. The van der Waals surface area contributed by atoms with Crippen LogP contribution in [0, 0.1) is 0 Å². The second kappa shape index (κ2) is 9.38. The van der Waals surface area contributed by atoms with Crippen LogP contribution in [-0.2, 0) is 9.59 Å². The predicted molar refractivity (Wildman–Crippen MR) is 67.7 cm³/mol. The highest BCUT2D eigenvalue weighted by molar-refractivity contribution is 5.88. The Bertz CT molecular complexity index is 274. The minimum Gasteiger partial charge on any atom is -0.395 e. The number of rotatable bonds is 9. The highest BCUT2D eigenvalue weighted by Crippen LogP contribution is 1.96. The molecule has 0 spiro atoms. The Balaban J connectivity index is 4.44. The molecule has 0 aromatic carbocycles. The van der Waals surface area contributed by atoms with Gasteiger partial charge in [-0.25, -0.2) is 0 Å². The summed E-state index contributed by atoms with van der Waals surface area (Å²) in [5.41, 5.74) is 0. The summed E-state index contributed by atoms with van der Waals surface area (Å²) in [6, 6.07) is 0.